The van der Waals surface area contributed by atoms with Crippen LogP contribution in [0.5, 0.6) is 0 Å². The largest absolute Gasteiger partial charge is 0.373 e. The average Bonchev–Trinajstić information content (AvgIpc) is 2.78. The molecule has 1 aromatic carbocycles. The zero-order chi connectivity index (χ0) is 25.1. The second kappa shape index (κ2) is 10.7. The summed E-state index contributed by atoms with van der Waals surface area (Å²) in [4.78, 5) is 26.7. The first-order chi connectivity index (χ1) is 15.9. The van der Waals surface area contributed by atoms with Crippen molar-refractivity contribution in [2.24, 2.45) is 0 Å². The highest BCUT2D eigenvalue weighted by Crippen LogP contribution is 2.22. The highest BCUT2D eigenvalue weighted by molar-refractivity contribution is 7.86. The topological polar surface area (TPSA) is 99.3 Å². The molecule has 0 radical (unpaired) electrons. The Morgan fingerprint density at radius 3 is 2.06 bits per heavy atom. The van der Waals surface area contributed by atoms with Crippen molar-refractivity contribution in [3.05, 3.63) is 35.4 Å². The van der Waals surface area contributed by atoms with E-state index < -0.39 is 10.2 Å². The Labute approximate surface area is 203 Å². The fraction of sp³-hybridized carbons (Fsp3) is 0.667. The van der Waals surface area contributed by atoms with Gasteiger partial charge in [0.1, 0.15) is 0 Å². The molecule has 1 N–H and O–H groups in total. The average molecular weight is 495 g/mol. The number of carbonyl (C=O) groups is 2. The maximum atomic E-state index is 13.0. The summed E-state index contributed by atoms with van der Waals surface area (Å²) in [6, 6.07) is 7.50. The van der Waals surface area contributed by atoms with Gasteiger partial charge in [-0.3, -0.25) is 9.59 Å². The minimum absolute atomic E-state index is 0.0177. The van der Waals surface area contributed by atoms with Gasteiger partial charge in [0.05, 0.1) is 12.2 Å². The summed E-state index contributed by atoms with van der Waals surface area (Å²) >= 11 is 0. The monoisotopic (exact) mass is 494 g/mol. The standard InChI is InChI=1S/C24H38N4O5S/c1-18-16-28(17-19(2)33-18)34(31,32)27-14-12-26(13-15-27)22(29)10-11-25-23(30)20-6-8-21(9-7-20)24(3,4)5/h6-9,18-19H,10-17H2,1-5H3,(H,25,30)/t18-,19-/m0/s1. The normalized spacial score (nSPS) is 23.0. The number of benzene rings is 1. The third-order valence-electron chi connectivity index (χ3n) is 6.27. The second-order valence-corrected chi connectivity index (χ2v) is 12.1. The van der Waals surface area contributed by atoms with E-state index in [1.807, 2.05) is 26.0 Å². The molecular formula is C24H38N4O5S. The highest BCUT2D eigenvalue weighted by atomic mass is 32.2. The summed E-state index contributed by atoms with van der Waals surface area (Å²) in [5.74, 6) is -0.299. The Balaban J connectivity index is 1.43. The quantitative estimate of drug-likeness (QED) is 0.648. The first-order valence-corrected chi connectivity index (χ1v) is 13.3. The first kappa shape index (κ1) is 26.6. The molecule has 0 aliphatic carbocycles. The van der Waals surface area contributed by atoms with Crippen LogP contribution in [0.4, 0.5) is 0 Å². The molecule has 2 amide bonds. The molecule has 34 heavy (non-hydrogen) atoms. The van der Waals surface area contributed by atoms with Crippen LogP contribution in [0.3, 0.4) is 0 Å². The van der Waals surface area contributed by atoms with Gasteiger partial charge >= 0.3 is 0 Å². The zero-order valence-corrected chi connectivity index (χ0v) is 21.7. The summed E-state index contributed by atoms with van der Waals surface area (Å²) in [5.41, 5.74) is 1.73. The molecule has 3 rings (SSSR count). The van der Waals surface area contributed by atoms with Crippen LogP contribution in [-0.4, -0.2) is 91.8 Å². The lowest BCUT2D eigenvalue weighted by molar-refractivity contribution is -0.132. The molecule has 0 spiro atoms. The number of nitrogens with zero attached hydrogens (tertiary/aromatic N) is 3. The summed E-state index contributed by atoms with van der Waals surface area (Å²) in [7, 11) is -3.58. The number of ether oxygens (including phenoxy) is 1. The second-order valence-electron chi connectivity index (χ2n) is 10.2. The van der Waals surface area contributed by atoms with Crippen LogP contribution in [0.1, 0.15) is 57.0 Å². The molecule has 1 aromatic rings. The van der Waals surface area contributed by atoms with Crippen molar-refractivity contribution in [1.29, 1.82) is 0 Å². The molecule has 0 unspecified atom stereocenters. The number of hydrogen-bond acceptors (Lipinski definition) is 5. The van der Waals surface area contributed by atoms with Gasteiger partial charge in [0, 0.05) is 57.8 Å². The molecule has 2 aliphatic rings. The molecule has 0 saturated carbocycles. The van der Waals surface area contributed by atoms with Gasteiger partial charge in [0.2, 0.25) is 5.91 Å². The van der Waals surface area contributed by atoms with Crippen LogP contribution in [0.25, 0.3) is 0 Å². The van der Waals surface area contributed by atoms with Crippen LogP contribution in [0.2, 0.25) is 0 Å². The fourth-order valence-corrected chi connectivity index (χ4v) is 6.06. The number of hydrogen-bond donors (Lipinski definition) is 1. The van der Waals surface area contributed by atoms with Crippen molar-refractivity contribution in [3.8, 4) is 0 Å². The van der Waals surface area contributed by atoms with Crippen molar-refractivity contribution < 1.29 is 22.7 Å². The Bertz CT molecular complexity index is 956. The van der Waals surface area contributed by atoms with Gasteiger partial charge in [-0.25, -0.2) is 0 Å². The Morgan fingerprint density at radius 2 is 1.53 bits per heavy atom. The fourth-order valence-electron chi connectivity index (χ4n) is 4.32. The Morgan fingerprint density at radius 1 is 0.971 bits per heavy atom. The maximum Gasteiger partial charge on any atom is 0.282 e. The van der Waals surface area contributed by atoms with E-state index in [2.05, 4.69) is 26.1 Å². The molecule has 2 aliphatic heterocycles. The molecule has 2 heterocycles. The van der Waals surface area contributed by atoms with Crippen LogP contribution >= 0.6 is 0 Å². The molecule has 0 aromatic heterocycles. The third-order valence-corrected chi connectivity index (χ3v) is 8.24. The van der Waals surface area contributed by atoms with Crippen molar-refractivity contribution in [1.82, 2.24) is 18.8 Å². The summed E-state index contributed by atoms with van der Waals surface area (Å²) in [5, 5.41) is 2.80. The minimum atomic E-state index is -3.58. The third kappa shape index (κ3) is 6.56. The van der Waals surface area contributed by atoms with Gasteiger partial charge in [0.25, 0.3) is 16.1 Å². The number of rotatable bonds is 6. The number of nitrogens with one attached hydrogen (secondary N) is 1. The van der Waals surface area contributed by atoms with E-state index >= 15 is 0 Å². The highest BCUT2D eigenvalue weighted by Gasteiger charge is 2.37. The molecule has 2 saturated heterocycles. The van der Waals surface area contributed by atoms with Crippen molar-refractivity contribution >= 4 is 22.0 Å². The molecule has 2 fully saturated rings. The molecular weight excluding hydrogens is 456 g/mol. The smallest absolute Gasteiger partial charge is 0.282 e. The number of piperazine rings is 1. The molecule has 0 bridgehead atoms. The zero-order valence-electron chi connectivity index (χ0n) is 20.9. The van der Waals surface area contributed by atoms with E-state index in [4.69, 9.17) is 4.74 Å². The lowest BCUT2D eigenvalue weighted by Crippen LogP contribution is -2.57. The van der Waals surface area contributed by atoms with Crippen LogP contribution in [-0.2, 0) is 25.2 Å². The molecule has 2 atom stereocenters. The van der Waals surface area contributed by atoms with Gasteiger partial charge in [-0.1, -0.05) is 32.9 Å². The number of morpholine rings is 1. The predicted molar refractivity (Wildman–Crippen MR) is 131 cm³/mol. The van der Waals surface area contributed by atoms with E-state index in [1.54, 1.807) is 17.0 Å². The van der Waals surface area contributed by atoms with E-state index in [0.29, 0.717) is 31.7 Å². The van der Waals surface area contributed by atoms with Crippen molar-refractivity contribution in [2.45, 2.75) is 58.7 Å². The van der Waals surface area contributed by atoms with E-state index in [0.717, 1.165) is 5.56 Å². The van der Waals surface area contributed by atoms with Gasteiger partial charge in [-0.05, 0) is 37.0 Å². The van der Waals surface area contributed by atoms with E-state index in [1.165, 1.54) is 8.61 Å². The van der Waals surface area contributed by atoms with Crippen LogP contribution in [0.15, 0.2) is 24.3 Å². The van der Waals surface area contributed by atoms with Crippen LogP contribution in [0, 0.1) is 0 Å². The summed E-state index contributed by atoms with van der Waals surface area (Å²) in [6.45, 7) is 12.2. The molecule has 10 heteroatoms. The summed E-state index contributed by atoms with van der Waals surface area (Å²) in [6.07, 6.45) is -0.113. The Kier molecular flexibility index (Phi) is 8.38. The lowest BCUT2D eigenvalue weighted by Gasteiger charge is -2.40. The predicted octanol–water partition coefficient (Wildman–Crippen LogP) is 1.60. The van der Waals surface area contributed by atoms with Crippen molar-refractivity contribution in [2.75, 3.05) is 45.8 Å². The van der Waals surface area contributed by atoms with Crippen molar-refractivity contribution in [3.63, 3.8) is 0 Å². The number of carbonyl (C=O) groups excluding carboxylic acids is 2. The van der Waals surface area contributed by atoms with Crippen LogP contribution < -0.4 is 5.32 Å². The van der Waals surface area contributed by atoms with Gasteiger partial charge in [-0.15, -0.1) is 0 Å². The molecule has 9 nitrogen and oxygen atoms in total. The Hall–Kier alpha value is -2.01. The van der Waals surface area contributed by atoms with E-state index in [9.17, 15) is 18.0 Å². The van der Waals surface area contributed by atoms with E-state index in [-0.39, 0.29) is 55.5 Å². The minimum Gasteiger partial charge on any atom is -0.373 e. The maximum absolute atomic E-state index is 13.0. The summed E-state index contributed by atoms with van der Waals surface area (Å²) < 4.78 is 34.6. The van der Waals surface area contributed by atoms with Gasteiger partial charge in [-0.2, -0.15) is 17.0 Å². The lowest BCUT2D eigenvalue weighted by atomic mass is 9.87. The molecule has 190 valence electrons. The number of amides is 2. The first-order valence-electron chi connectivity index (χ1n) is 11.9. The SMILES string of the molecule is C[C@H]1CN(S(=O)(=O)N2CCN(C(=O)CCNC(=O)c3ccc(C(C)(C)C)cc3)CC2)C[C@H](C)O1. The van der Waals surface area contributed by atoms with Gasteiger partial charge in [0.15, 0.2) is 0 Å². The van der Waals surface area contributed by atoms with Gasteiger partial charge < -0.3 is 15.0 Å².